The molecule has 24 heavy (non-hydrogen) atoms. The fourth-order valence-corrected chi connectivity index (χ4v) is 2.27. The summed E-state index contributed by atoms with van der Waals surface area (Å²) in [5.41, 5.74) is 0.606. The molecular weight excluding hydrogens is 328 g/mol. The average Bonchev–Trinajstić information content (AvgIpc) is 2.61. The van der Waals surface area contributed by atoms with E-state index in [0.717, 1.165) is 0 Å². The number of hydrogen-bond donors (Lipinski definition) is 3. The summed E-state index contributed by atoms with van der Waals surface area (Å²) in [5.74, 6) is 0.316. The predicted octanol–water partition coefficient (Wildman–Crippen LogP) is 2.74. The Morgan fingerprint density at radius 2 is 1.75 bits per heavy atom. The topological polar surface area (TPSA) is 76.0 Å². The number of phenols is 1. The number of rotatable bonds is 8. The molecule has 2 N–H and O–H groups in total. The molecule has 2 aromatic rings. The maximum atomic E-state index is 11.2. The number of aliphatic hydroxyl groups is 1. The Hall–Kier alpha value is -2.18. The number of hydrogen-bond acceptors (Lipinski definition) is 6. The summed E-state index contributed by atoms with van der Waals surface area (Å²) < 4.78 is 10.9. The minimum Gasteiger partial charge on any atom is -0.508 e. The summed E-state index contributed by atoms with van der Waals surface area (Å²) in [6.45, 7) is 0.117. The van der Waals surface area contributed by atoms with Gasteiger partial charge in [-0.1, -0.05) is 30.3 Å². The van der Waals surface area contributed by atoms with E-state index in [1.54, 1.807) is 24.3 Å². The highest BCUT2D eigenvalue weighted by Gasteiger charge is 2.23. The smallest absolute Gasteiger partial charge is 0.315 e. The van der Waals surface area contributed by atoms with Crippen molar-refractivity contribution in [3.63, 3.8) is 0 Å². The number of para-hydroxylation sites is 1. The maximum absolute atomic E-state index is 11.2. The van der Waals surface area contributed by atoms with Crippen molar-refractivity contribution in [2.24, 2.45) is 0 Å². The van der Waals surface area contributed by atoms with Crippen LogP contribution in [-0.4, -0.2) is 34.6 Å². The molecule has 0 aromatic heterocycles. The molecule has 5 nitrogen and oxygen atoms in total. The van der Waals surface area contributed by atoms with Crippen molar-refractivity contribution in [1.82, 2.24) is 0 Å². The van der Waals surface area contributed by atoms with E-state index in [4.69, 9.17) is 9.47 Å². The monoisotopic (exact) mass is 348 g/mol. The van der Waals surface area contributed by atoms with Gasteiger partial charge in [0, 0.05) is 6.42 Å². The van der Waals surface area contributed by atoms with Gasteiger partial charge in [-0.15, -0.1) is 0 Å². The van der Waals surface area contributed by atoms with E-state index in [-0.39, 0.29) is 18.1 Å². The molecule has 0 aliphatic rings. The Balaban J connectivity index is 2.08. The van der Waals surface area contributed by atoms with Gasteiger partial charge in [0.2, 0.25) is 0 Å². The molecule has 0 aliphatic carbocycles. The van der Waals surface area contributed by atoms with Gasteiger partial charge in [-0.3, -0.25) is 4.79 Å². The molecule has 0 fully saturated rings. The fraction of sp³-hybridized carbons (Fsp3) is 0.278. The van der Waals surface area contributed by atoms with Crippen LogP contribution < -0.4 is 4.74 Å². The standard InChI is InChI=1S/C18H20O5S/c19-14-8-6-13(7-9-14)18(21)16(10-11-22-17(20)12-24)23-15-4-2-1-3-5-15/h1-9,16,18-19,21,24H,10-12H2/t16-,18-/m1/s1. The van der Waals surface area contributed by atoms with Gasteiger partial charge < -0.3 is 19.7 Å². The normalized spacial score (nSPS) is 13.1. The molecule has 128 valence electrons. The lowest BCUT2D eigenvalue weighted by molar-refractivity contribution is -0.141. The Labute approximate surface area is 146 Å². The minimum atomic E-state index is -0.930. The number of carbonyl (C=O) groups is 1. The molecule has 2 atom stereocenters. The van der Waals surface area contributed by atoms with Crippen LogP contribution in [0, 0.1) is 0 Å². The summed E-state index contributed by atoms with van der Waals surface area (Å²) in [5, 5.41) is 20.0. The van der Waals surface area contributed by atoms with Crippen molar-refractivity contribution in [1.29, 1.82) is 0 Å². The summed E-state index contributed by atoms with van der Waals surface area (Å²) in [6, 6.07) is 15.4. The second kappa shape index (κ2) is 9.20. The molecule has 0 radical (unpaired) electrons. The molecule has 6 heteroatoms. The van der Waals surface area contributed by atoms with Crippen molar-refractivity contribution in [2.45, 2.75) is 18.6 Å². The van der Waals surface area contributed by atoms with Crippen LogP contribution in [0.1, 0.15) is 18.1 Å². The Kier molecular flexibility index (Phi) is 6.96. The van der Waals surface area contributed by atoms with Gasteiger partial charge in [0.1, 0.15) is 23.7 Å². The lowest BCUT2D eigenvalue weighted by Crippen LogP contribution is -2.27. The number of benzene rings is 2. The third-order valence-corrected chi connectivity index (χ3v) is 3.67. The van der Waals surface area contributed by atoms with Crippen LogP contribution in [0.5, 0.6) is 11.5 Å². The number of ether oxygens (including phenoxy) is 2. The highest BCUT2D eigenvalue weighted by Crippen LogP contribution is 2.25. The van der Waals surface area contributed by atoms with Crippen molar-refractivity contribution >= 4 is 18.6 Å². The van der Waals surface area contributed by atoms with Gasteiger partial charge in [0.15, 0.2) is 0 Å². The molecule has 2 aromatic carbocycles. The van der Waals surface area contributed by atoms with Crippen molar-refractivity contribution in [3.05, 3.63) is 60.2 Å². The van der Waals surface area contributed by atoms with E-state index in [0.29, 0.717) is 17.7 Å². The zero-order chi connectivity index (χ0) is 17.4. The number of aromatic hydroxyl groups is 1. The predicted molar refractivity (Wildman–Crippen MR) is 93.4 cm³/mol. The molecule has 0 aliphatic heterocycles. The van der Waals surface area contributed by atoms with Gasteiger partial charge >= 0.3 is 5.97 Å². The van der Waals surface area contributed by atoms with Gasteiger partial charge in [-0.2, -0.15) is 12.6 Å². The summed E-state index contributed by atoms with van der Waals surface area (Å²) >= 11 is 3.85. The van der Waals surface area contributed by atoms with Crippen LogP contribution in [0.15, 0.2) is 54.6 Å². The molecule has 0 heterocycles. The van der Waals surface area contributed by atoms with E-state index < -0.39 is 18.2 Å². The first-order valence-electron chi connectivity index (χ1n) is 7.55. The Bertz CT molecular complexity index is 630. The van der Waals surface area contributed by atoms with Crippen LogP contribution in [0.3, 0.4) is 0 Å². The van der Waals surface area contributed by atoms with Crippen LogP contribution in [0.25, 0.3) is 0 Å². The molecule has 0 saturated carbocycles. The van der Waals surface area contributed by atoms with E-state index >= 15 is 0 Å². The van der Waals surface area contributed by atoms with Crippen LogP contribution in [0.2, 0.25) is 0 Å². The highest BCUT2D eigenvalue weighted by atomic mass is 32.1. The largest absolute Gasteiger partial charge is 0.508 e. The first kappa shape index (κ1) is 18.2. The first-order valence-corrected chi connectivity index (χ1v) is 8.18. The van der Waals surface area contributed by atoms with E-state index in [2.05, 4.69) is 12.6 Å². The lowest BCUT2D eigenvalue weighted by Gasteiger charge is -2.24. The van der Waals surface area contributed by atoms with Gasteiger partial charge in [-0.05, 0) is 29.8 Å². The summed E-state index contributed by atoms with van der Waals surface area (Å²) in [4.78, 5) is 11.2. The van der Waals surface area contributed by atoms with Crippen molar-refractivity contribution in [2.75, 3.05) is 12.4 Å². The van der Waals surface area contributed by atoms with Gasteiger partial charge in [0.25, 0.3) is 0 Å². The number of aliphatic hydroxyl groups excluding tert-OH is 1. The molecular formula is C18H20O5S. The minimum absolute atomic E-state index is 0.00469. The average molecular weight is 348 g/mol. The molecule has 0 unspecified atom stereocenters. The number of thiol groups is 1. The van der Waals surface area contributed by atoms with Crippen molar-refractivity contribution in [3.8, 4) is 11.5 Å². The summed E-state index contributed by atoms with van der Waals surface area (Å²) in [7, 11) is 0. The molecule has 0 bridgehead atoms. The Morgan fingerprint density at radius 1 is 1.08 bits per heavy atom. The zero-order valence-electron chi connectivity index (χ0n) is 13.0. The third-order valence-electron chi connectivity index (χ3n) is 3.41. The van der Waals surface area contributed by atoms with E-state index in [1.807, 2.05) is 18.2 Å². The molecule has 0 saturated heterocycles. The second-order valence-corrected chi connectivity index (χ2v) is 5.49. The Morgan fingerprint density at radius 3 is 2.38 bits per heavy atom. The lowest BCUT2D eigenvalue weighted by atomic mass is 10.0. The molecule has 0 amide bonds. The number of carbonyl (C=O) groups excluding carboxylic acids is 1. The first-order chi connectivity index (χ1) is 11.6. The zero-order valence-corrected chi connectivity index (χ0v) is 13.9. The molecule has 2 rings (SSSR count). The van der Waals surface area contributed by atoms with Crippen molar-refractivity contribution < 1.29 is 24.5 Å². The maximum Gasteiger partial charge on any atom is 0.315 e. The van der Waals surface area contributed by atoms with E-state index in [1.165, 1.54) is 12.1 Å². The number of phenolic OH excluding ortho intramolecular Hbond substituents is 1. The van der Waals surface area contributed by atoms with Crippen LogP contribution >= 0.6 is 12.6 Å². The molecule has 0 spiro atoms. The SMILES string of the molecule is O=C(CS)OCC[C@@H](Oc1ccccc1)[C@H](O)c1ccc(O)cc1. The quantitative estimate of drug-likeness (QED) is 0.505. The van der Waals surface area contributed by atoms with Crippen LogP contribution in [0.4, 0.5) is 0 Å². The van der Waals surface area contributed by atoms with Gasteiger partial charge in [-0.25, -0.2) is 0 Å². The number of esters is 1. The highest BCUT2D eigenvalue weighted by molar-refractivity contribution is 7.81. The van der Waals surface area contributed by atoms with E-state index in [9.17, 15) is 15.0 Å². The van der Waals surface area contributed by atoms with Crippen LogP contribution in [-0.2, 0) is 9.53 Å². The summed E-state index contributed by atoms with van der Waals surface area (Å²) in [6.07, 6.45) is -1.22. The second-order valence-electron chi connectivity index (χ2n) is 5.17. The fourth-order valence-electron chi connectivity index (χ4n) is 2.18. The third kappa shape index (κ3) is 5.47. The van der Waals surface area contributed by atoms with Gasteiger partial charge in [0.05, 0.1) is 12.4 Å².